The molecule has 7 nitrogen and oxygen atoms in total. The normalized spacial score (nSPS) is 27.0. The van der Waals surface area contributed by atoms with E-state index in [4.69, 9.17) is 27.9 Å². The van der Waals surface area contributed by atoms with E-state index < -0.39 is 34.1 Å². The molecule has 2 bridgehead atoms. The van der Waals surface area contributed by atoms with E-state index in [0.29, 0.717) is 32.4 Å². The van der Waals surface area contributed by atoms with Crippen molar-refractivity contribution < 1.29 is 23.1 Å². The molecule has 2 fully saturated rings. The molecule has 2 aliphatic rings. The summed E-state index contributed by atoms with van der Waals surface area (Å²) < 4.78 is 33.7. The molecule has 0 spiro atoms. The molecular weight excluding hydrogens is 439 g/mol. The van der Waals surface area contributed by atoms with Crippen LogP contribution in [0.4, 0.5) is 0 Å². The number of sulfonamides is 1. The average molecular weight is 465 g/mol. The van der Waals surface area contributed by atoms with Gasteiger partial charge in [0.1, 0.15) is 6.04 Å². The van der Waals surface area contributed by atoms with Gasteiger partial charge < -0.3 is 14.7 Å². The first-order chi connectivity index (χ1) is 13.7. The quantitative estimate of drug-likeness (QED) is 0.697. The Balaban J connectivity index is 2.09. The SMILES string of the molecule is COCCN1C[C@@H]([C@H](C)O)[C@H]2CCC[C@@H](C1=O)N2S(=O)(=O)c1cc(Cl)cc(Cl)c1. The highest BCUT2D eigenvalue weighted by atomic mass is 35.5. The summed E-state index contributed by atoms with van der Waals surface area (Å²) in [5, 5.41) is 10.9. The Morgan fingerprint density at radius 1 is 1.24 bits per heavy atom. The molecule has 2 saturated heterocycles. The lowest BCUT2D eigenvalue weighted by molar-refractivity contribution is -0.135. The highest BCUT2D eigenvalue weighted by molar-refractivity contribution is 7.89. The lowest BCUT2D eigenvalue weighted by Crippen LogP contribution is -2.55. The second kappa shape index (κ2) is 9.08. The number of hydrogen-bond donors (Lipinski definition) is 1. The number of ether oxygens (including phenoxy) is 1. The minimum Gasteiger partial charge on any atom is -0.393 e. The number of halogens is 2. The third kappa shape index (κ3) is 4.57. The number of fused-ring (bicyclic) bond motifs is 2. The maximum Gasteiger partial charge on any atom is 0.244 e. The van der Waals surface area contributed by atoms with Gasteiger partial charge in [-0.2, -0.15) is 4.31 Å². The summed E-state index contributed by atoms with van der Waals surface area (Å²) in [6, 6.07) is 2.83. The number of aliphatic hydroxyl groups is 1. The van der Waals surface area contributed by atoms with E-state index in [9.17, 15) is 18.3 Å². The number of aliphatic hydroxyl groups excluding tert-OH is 1. The van der Waals surface area contributed by atoms with Crippen LogP contribution in [0.5, 0.6) is 0 Å². The molecular formula is C19H26Cl2N2O5S. The second-order valence-electron chi connectivity index (χ2n) is 7.64. The van der Waals surface area contributed by atoms with E-state index in [2.05, 4.69) is 0 Å². The Labute approximate surface area is 181 Å². The van der Waals surface area contributed by atoms with Crippen LogP contribution in [0, 0.1) is 5.92 Å². The number of methoxy groups -OCH3 is 1. The van der Waals surface area contributed by atoms with Gasteiger partial charge in [-0.25, -0.2) is 8.42 Å². The van der Waals surface area contributed by atoms with Crippen LogP contribution in [0.25, 0.3) is 0 Å². The summed E-state index contributed by atoms with van der Waals surface area (Å²) in [5.41, 5.74) is 0. The van der Waals surface area contributed by atoms with Crippen molar-refractivity contribution in [3.8, 4) is 0 Å². The summed E-state index contributed by atoms with van der Waals surface area (Å²) in [6.45, 7) is 2.61. The van der Waals surface area contributed by atoms with Crippen LogP contribution < -0.4 is 0 Å². The van der Waals surface area contributed by atoms with E-state index in [1.165, 1.54) is 22.5 Å². The lowest BCUT2D eigenvalue weighted by atomic mass is 9.87. The molecule has 2 heterocycles. The van der Waals surface area contributed by atoms with Crippen LogP contribution in [-0.4, -0.2) is 73.6 Å². The predicted octanol–water partition coefficient (Wildman–Crippen LogP) is 2.39. The zero-order valence-electron chi connectivity index (χ0n) is 16.4. The minimum absolute atomic E-state index is 0.0469. The topological polar surface area (TPSA) is 87.2 Å². The van der Waals surface area contributed by atoms with Crippen LogP contribution in [0.3, 0.4) is 0 Å². The maximum atomic E-state index is 13.6. The fraction of sp³-hybridized carbons (Fsp3) is 0.632. The molecule has 0 radical (unpaired) electrons. The molecule has 1 aromatic carbocycles. The molecule has 1 N–H and O–H groups in total. The van der Waals surface area contributed by atoms with E-state index in [-0.39, 0.29) is 27.4 Å². The van der Waals surface area contributed by atoms with Crippen molar-refractivity contribution in [2.24, 2.45) is 5.92 Å². The van der Waals surface area contributed by atoms with Gasteiger partial charge in [0.25, 0.3) is 0 Å². The summed E-state index contributed by atoms with van der Waals surface area (Å²) in [5.74, 6) is -0.669. The van der Waals surface area contributed by atoms with E-state index in [0.717, 1.165) is 0 Å². The molecule has 0 aliphatic carbocycles. The number of benzene rings is 1. The Morgan fingerprint density at radius 3 is 2.48 bits per heavy atom. The highest BCUT2D eigenvalue weighted by Gasteiger charge is 2.51. The van der Waals surface area contributed by atoms with E-state index >= 15 is 0 Å². The van der Waals surface area contributed by atoms with Crippen molar-refractivity contribution in [3.05, 3.63) is 28.2 Å². The molecule has 4 atom stereocenters. The standard InChI is InChI=1S/C19H26Cl2N2O5S/c1-12(24)16-11-22(6-7-28-2)19(25)18-5-3-4-17(16)23(18)29(26,27)15-9-13(20)8-14(21)10-15/h8-10,12,16-18,24H,3-7,11H2,1-2H3/t12-,16-,17+,18-/m0/s1. The largest absolute Gasteiger partial charge is 0.393 e. The van der Waals surface area contributed by atoms with Crippen LogP contribution in [0.15, 0.2) is 23.1 Å². The fourth-order valence-corrected chi connectivity index (χ4v) is 6.94. The minimum atomic E-state index is -4.06. The van der Waals surface area contributed by atoms with E-state index in [1.54, 1.807) is 18.9 Å². The van der Waals surface area contributed by atoms with Crippen LogP contribution in [0.1, 0.15) is 26.2 Å². The van der Waals surface area contributed by atoms with E-state index in [1.807, 2.05) is 0 Å². The first-order valence-corrected chi connectivity index (χ1v) is 11.8. The number of carbonyl (C=O) groups excluding carboxylic acids is 1. The zero-order valence-corrected chi connectivity index (χ0v) is 18.8. The molecule has 29 heavy (non-hydrogen) atoms. The van der Waals surface area contributed by atoms with Crippen molar-refractivity contribution in [1.82, 2.24) is 9.21 Å². The Kier molecular flexibility index (Phi) is 7.13. The third-order valence-electron chi connectivity index (χ3n) is 5.73. The number of amides is 1. The maximum absolute atomic E-state index is 13.6. The van der Waals surface area contributed by atoms with Crippen molar-refractivity contribution in [2.45, 2.75) is 49.3 Å². The summed E-state index contributed by atoms with van der Waals surface area (Å²) in [4.78, 5) is 14.9. The van der Waals surface area contributed by atoms with Crippen LogP contribution >= 0.6 is 23.2 Å². The van der Waals surface area contributed by atoms with Crippen LogP contribution in [-0.2, 0) is 19.6 Å². The fourth-order valence-electron chi connectivity index (χ4n) is 4.34. The molecule has 0 unspecified atom stereocenters. The molecule has 0 aromatic heterocycles. The molecule has 10 heteroatoms. The van der Waals surface area contributed by atoms with Gasteiger partial charge in [0.15, 0.2) is 0 Å². The van der Waals surface area contributed by atoms with Crippen molar-refractivity contribution >= 4 is 39.1 Å². The predicted molar refractivity (Wildman–Crippen MR) is 111 cm³/mol. The number of piperidine rings is 1. The monoisotopic (exact) mass is 464 g/mol. The molecule has 3 rings (SSSR count). The average Bonchev–Trinajstić information content (AvgIpc) is 2.72. The summed E-state index contributed by atoms with van der Waals surface area (Å²) in [7, 11) is -2.51. The molecule has 162 valence electrons. The van der Waals surface area contributed by atoms with Gasteiger partial charge in [-0.05, 0) is 44.4 Å². The zero-order chi connectivity index (χ0) is 21.3. The van der Waals surface area contributed by atoms with Gasteiger partial charge >= 0.3 is 0 Å². The molecule has 0 saturated carbocycles. The van der Waals surface area contributed by atoms with Gasteiger partial charge in [0.05, 0.1) is 17.6 Å². The summed E-state index contributed by atoms with van der Waals surface area (Å²) in [6.07, 6.45) is 0.935. The smallest absolute Gasteiger partial charge is 0.244 e. The van der Waals surface area contributed by atoms with Gasteiger partial charge in [0.2, 0.25) is 15.9 Å². The number of nitrogens with zero attached hydrogens (tertiary/aromatic N) is 2. The Morgan fingerprint density at radius 2 is 1.90 bits per heavy atom. The van der Waals surface area contributed by atoms with Crippen LogP contribution in [0.2, 0.25) is 10.0 Å². The van der Waals surface area contributed by atoms with Gasteiger partial charge in [-0.1, -0.05) is 23.2 Å². The number of rotatable bonds is 6. The van der Waals surface area contributed by atoms with Crippen molar-refractivity contribution in [1.29, 1.82) is 0 Å². The third-order valence-corrected chi connectivity index (χ3v) is 8.08. The first kappa shape index (κ1) is 22.8. The van der Waals surface area contributed by atoms with Gasteiger partial charge in [-0.15, -0.1) is 0 Å². The molecule has 1 aromatic rings. The molecule has 2 aliphatic heterocycles. The Hall–Kier alpha value is -0.900. The Bertz CT molecular complexity index is 844. The highest BCUT2D eigenvalue weighted by Crippen LogP contribution is 2.39. The van der Waals surface area contributed by atoms with Gasteiger partial charge in [0, 0.05) is 42.2 Å². The molecule has 1 amide bonds. The number of hydrogen-bond acceptors (Lipinski definition) is 5. The second-order valence-corrected chi connectivity index (χ2v) is 10.4. The van der Waals surface area contributed by atoms with Crippen molar-refractivity contribution in [2.75, 3.05) is 26.8 Å². The first-order valence-electron chi connectivity index (χ1n) is 9.62. The lowest BCUT2D eigenvalue weighted by Gasteiger charge is -2.41. The van der Waals surface area contributed by atoms with Gasteiger partial charge in [-0.3, -0.25) is 4.79 Å². The summed E-state index contributed by atoms with van der Waals surface area (Å²) >= 11 is 12.1. The number of carbonyl (C=O) groups is 1. The van der Waals surface area contributed by atoms with Crippen molar-refractivity contribution in [3.63, 3.8) is 0 Å².